The largest absolute Gasteiger partial charge is 0.481 e. The average molecular weight is 604 g/mol. The first-order valence-electron chi connectivity index (χ1n) is 13.7. The average Bonchev–Trinajstić information content (AvgIpc) is 3.27. The molecule has 3 unspecified atom stereocenters. The van der Waals surface area contributed by atoms with Crippen molar-refractivity contribution in [3.8, 4) is 0 Å². The number of amides is 6. The summed E-state index contributed by atoms with van der Waals surface area (Å²) in [5, 5.41) is 28.1. The summed E-state index contributed by atoms with van der Waals surface area (Å²) in [6.07, 6.45) is 2.79. The number of carbonyl (C=O) groups is 7. The summed E-state index contributed by atoms with van der Waals surface area (Å²) in [5.41, 5.74) is 0.916. The molecule has 3 atom stereocenters. The van der Waals surface area contributed by atoms with E-state index in [1.165, 1.54) is 43.0 Å². The lowest BCUT2D eigenvalue weighted by atomic mass is 10.1. The summed E-state index contributed by atoms with van der Waals surface area (Å²) in [6, 6.07) is 3.63. The van der Waals surface area contributed by atoms with Crippen molar-refractivity contribution in [1.29, 1.82) is 0 Å². The van der Waals surface area contributed by atoms with Crippen molar-refractivity contribution in [3.05, 3.63) is 42.0 Å². The molecule has 15 nitrogen and oxygen atoms in total. The maximum atomic E-state index is 12.7. The first kappa shape index (κ1) is 34.4. The molecule has 1 aromatic rings. The van der Waals surface area contributed by atoms with Crippen LogP contribution in [0.15, 0.2) is 36.4 Å². The van der Waals surface area contributed by atoms with Gasteiger partial charge in [-0.3, -0.25) is 33.7 Å². The van der Waals surface area contributed by atoms with E-state index in [4.69, 9.17) is 9.84 Å². The van der Waals surface area contributed by atoms with E-state index in [0.717, 1.165) is 12.8 Å². The van der Waals surface area contributed by atoms with Crippen LogP contribution in [0, 0.1) is 0 Å². The zero-order valence-electron chi connectivity index (χ0n) is 24.0. The number of unbranched alkanes of at least 4 members (excludes halogenated alkanes) is 3. The molecule has 6 amide bonds. The van der Waals surface area contributed by atoms with Crippen LogP contribution >= 0.6 is 0 Å². The Hall–Kier alpha value is -4.79. The van der Waals surface area contributed by atoms with Crippen molar-refractivity contribution >= 4 is 47.3 Å². The van der Waals surface area contributed by atoms with Crippen LogP contribution in [0.25, 0.3) is 0 Å². The van der Waals surface area contributed by atoms with E-state index in [9.17, 15) is 38.7 Å². The van der Waals surface area contributed by atoms with Crippen molar-refractivity contribution < 1.29 is 48.5 Å². The molecule has 6 N–H and O–H groups in total. The summed E-state index contributed by atoms with van der Waals surface area (Å²) >= 11 is 0. The number of carboxylic acids is 1. The Balaban J connectivity index is 1.71. The molecular weight excluding hydrogens is 566 g/mol. The van der Waals surface area contributed by atoms with Crippen LogP contribution in [0.3, 0.4) is 0 Å². The van der Waals surface area contributed by atoms with E-state index >= 15 is 0 Å². The van der Waals surface area contributed by atoms with Gasteiger partial charge in [-0.2, -0.15) is 0 Å². The zero-order chi connectivity index (χ0) is 31.9. The molecule has 0 aliphatic carbocycles. The number of aliphatic carboxylic acids is 1. The van der Waals surface area contributed by atoms with Crippen LogP contribution in [-0.4, -0.2) is 88.0 Å². The number of aliphatic hydroxyl groups is 1. The van der Waals surface area contributed by atoms with Gasteiger partial charge in [-0.05, 0) is 44.4 Å². The number of ether oxygens (including phenoxy) is 1. The Morgan fingerprint density at radius 3 is 2.09 bits per heavy atom. The van der Waals surface area contributed by atoms with Gasteiger partial charge in [0.1, 0.15) is 24.8 Å². The highest BCUT2D eigenvalue weighted by atomic mass is 16.5. The molecule has 0 bridgehead atoms. The van der Waals surface area contributed by atoms with E-state index in [0.29, 0.717) is 37.2 Å². The fraction of sp³-hybridized carbons (Fsp3) is 0.464. The smallest absolute Gasteiger partial charge is 0.407 e. The van der Waals surface area contributed by atoms with Crippen LogP contribution in [0.5, 0.6) is 0 Å². The van der Waals surface area contributed by atoms with Gasteiger partial charge in [0.05, 0.1) is 6.42 Å². The highest BCUT2D eigenvalue weighted by Crippen LogP contribution is 2.12. The van der Waals surface area contributed by atoms with E-state index in [1.807, 2.05) is 0 Å². The van der Waals surface area contributed by atoms with Gasteiger partial charge in [-0.1, -0.05) is 25.0 Å². The lowest BCUT2D eigenvalue weighted by Gasteiger charge is -2.20. The van der Waals surface area contributed by atoms with Crippen LogP contribution in [0.4, 0.5) is 10.5 Å². The highest BCUT2D eigenvalue weighted by Gasteiger charge is 2.27. The lowest BCUT2D eigenvalue weighted by Crippen LogP contribution is -2.53. The fourth-order valence-electron chi connectivity index (χ4n) is 3.78. The first-order chi connectivity index (χ1) is 20.4. The van der Waals surface area contributed by atoms with Crippen LogP contribution in [0.1, 0.15) is 51.5 Å². The number of carbonyl (C=O) groups excluding carboxylic acids is 6. The Labute approximate surface area is 248 Å². The number of nitrogens with one attached hydrogen (secondary N) is 4. The van der Waals surface area contributed by atoms with Crippen LogP contribution in [-0.2, 0) is 40.1 Å². The van der Waals surface area contributed by atoms with Gasteiger partial charge in [0, 0.05) is 30.9 Å². The first-order valence-corrected chi connectivity index (χ1v) is 13.7. The Bertz CT molecular complexity index is 1200. The van der Waals surface area contributed by atoms with Gasteiger partial charge in [0.15, 0.2) is 0 Å². The molecule has 0 saturated carbocycles. The topological polar surface area (TPSA) is 221 Å². The number of nitrogens with zero attached hydrogens (tertiary/aromatic N) is 1. The Kier molecular flexibility index (Phi) is 13.8. The number of hydrogen-bond donors (Lipinski definition) is 6. The lowest BCUT2D eigenvalue weighted by molar-refractivity contribution is -0.140. The summed E-state index contributed by atoms with van der Waals surface area (Å²) in [5.74, 6) is -4.35. The molecule has 0 aromatic heterocycles. The standard InChI is InChI=1S/C28H37N5O10/c1-17(30-26(40)18(2)34)25(39)32-21(15-24(37)38)27(41)31-20-9-7-19(8-10-20)16-43-28(42)29-13-5-3-4-6-14-33-22(35)11-12-23(33)36/h7-12,17-18,21,34H,3-6,13-16H2,1-2H3,(H,29,42)(H,30,40)(H,31,41)(H,32,39)(H,37,38). The van der Waals surface area contributed by atoms with Gasteiger partial charge >= 0.3 is 12.1 Å². The molecule has 1 aromatic carbocycles. The minimum Gasteiger partial charge on any atom is -0.481 e. The summed E-state index contributed by atoms with van der Waals surface area (Å²) in [7, 11) is 0. The van der Waals surface area contributed by atoms with Gasteiger partial charge in [0.2, 0.25) is 17.7 Å². The quantitative estimate of drug-likeness (QED) is 0.105. The molecule has 2 rings (SSSR count). The summed E-state index contributed by atoms with van der Waals surface area (Å²) in [6.45, 7) is 3.25. The second kappa shape index (κ2) is 17.2. The molecule has 1 heterocycles. The van der Waals surface area contributed by atoms with E-state index < -0.39 is 54.4 Å². The van der Waals surface area contributed by atoms with Gasteiger partial charge < -0.3 is 36.2 Å². The monoisotopic (exact) mass is 603 g/mol. The van der Waals surface area contributed by atoms with E-state index in [2.05, 4.69) is 21.3 Å². The minimum atomic E-state index is -1.45. The van der Waals surface area contributed by atoms with Gasteiger partial charge in [0.25, 0.3) is 11.8 Å². The van der Waals surface area contributed by atoms with E-state index in [-0.39, 0.29) is 18.4 Å². The molecule has 0 spiro atoms. The number of benzene rings is 1. The SMILES string of the molecule is CC(O)C(=O)NC(C)C(=O)NC(CC(=O)O)C(=O)Nc1ccc(COC(=O)NCCCCCCN2C(=O)C=CC2=O)cc1. The van der Waals surface area contributed by atoms with Crippen LogP contribution in [0.2, 0.25) is 0 Å². The zero-order valence-corrected chi connectivity index (χ0v) is 24.0. The van der Waals surface area contributed by atoms with Crippen molar-refractivity contribution in [3.63, 3.8) is 0 Å². The number of alkyl carbamates (subject to hydrolysis) is 1. The molecule has 1 aliphatic rings. The predicted octanol–water partition coefficient (Wildman–Crippen LogP) is 0.182. The fourth-order valence-corrected chi connectivity index (χ4v) is 3.78. The maximum Gasteiger partial charge on any atom is 0.407 e. The second-order valence-electron chi connectivity index (χ2n) is 9.83. The molecular formula is C28H37N5O10. The summed E-state index contributed by atoms with van der Waals surface area (Å²) in [4.78, 5) is 84.0. The normalized spacial score (nSPS) is 14.4. The molecule has 0 radical (unpaired) electrons. The third kappa shape index (κ3) is 12.3. The number of aliphatic hydroxyl groups excluding tert-OH is 1. The molecule has 1 aliphatic heterocycles. The van der Waals surface area contributed by atoms with Crippen molar-refractivity contribution in [2.75, 3.05) is 18.4 Å². The Morgan fingerprint density at radius 1 is 0.860 bits per heavy atom. The van der Waals surface area contributed by atoms with Gasteiger partial charge in [-0.25, -0.2) is 4.79 Å². The highest BCUT2D eigenvalue weighted by molar-refractivity contribution is 6.12. The number of imide groups is 1. The van der Waals surface area contributed by atoms with Crippen LogP contribution < -0.4 is 21.3 Å². The van der Waals surface area contributed by atoms with Crippen molar-refractivity contribution in [2.45, 2.75) is 70.7 Å². The van der Waals surface area contributed by atoms with E-state index in [1.54, 1.807) is 12.1 Å². The number of hydrogen-bond acceptors (Lipinski definition) is 9. The maximum absolute atomic E-state index is 12.7. The van der Waals surface area contributed by atoms with Crippen molar-refractivity contribution in [1.82, 2.24) is 20.9 Å². The second-order valence-corrected chi connectivity index (χ2v) is 9.83. The number of anilines is 1. The summed E-state index contributed by atoms with van der Waals surface area (Å²) < 4.78 is 5.17. The Morgan fingerprint density at radius 2 is 1.49 bits per heavy atom. The number of carboxylic acid groups (broad SMARTS) is 1. The number of rotatable bonds is 17. The molecule has 43 heavy (non-hydrogen) atoms. The predicted molar refractivity (Wildman–Crippen MR) is 151 cm³/mol. The van der Waals surface area contributed by atoms with Crippen molar-refractivity contribution in [2.24, 2.45) is 0 Å². The molecule has 234 valence electrons. The molecule has 0 fully saturated rings. The molecule has 15 heteroatoms. The van der Waals surface area contributed by atoms with Gasteiger partial charge in [-0.15, -0.1) is 0 Å². The molecule has 0 saturated heterocycles. The third-order valence-electron chi connectivity index (χ3n) is 6.21. The third-order valence-corrected chi connectivity index (χ3v) is 6.21. The minimum absolute atomic E-state index is 0.0419.